The van der Waals surface area contributed by atoms with Crippen LogP contribution in [-0.4, -0.2) is 21.9 Å². The van der Waals surface area contributed by atoms with Crippen LogP contribution in [0.1, 0.15) is 21.3 Å². The number of hydrogen-bond donors (Lipinski definition) is 2. The molecule has 5 nitrogen and oxygen atoms in total. The molecule has 2 N–H and O–H groups in total. The summed E-state index contributed by atoms with van der Waals surface area (Å²) in [6.07, 6.45) is 0. The summed E-state index contributed by atoms with van der Waals surface area (Å²) in [7, 11) is 0. The molecule has 6 heteroatoms. The van der Waals surface area contributed by atoms with E-state index in [0.717, 1.165) is 0 Å². The maximum Gasteiger partial charge on any atom is 0.294 e. The molecule has 1 amide bonds. The normalized spacial score (nSPS) is 16.8. The predicted molar refractivity (Wildman–Crippen MR) is 103 cm³/mol. The van der Waals surface area contributed by atoms with Gasteiger partial charge in [0.25, 0.3) is 5.91 Å². The minimum atomic E-state index is -0.782. The van der Waals surface area contributed by atoms with Crippen LogP contribution in [-0.2, 0) is 4.79 Å². The van der Waals surface area contributed by atoms with E-state index in [1.165, 1.54) is 28.4 Å². The van der Waals surface area contributed by atoms with Crippen molar-refractivity contribution in [2.24, 2.45) is 0 Å². The molecule has 1 aliphatic heterocycles. The third-order valence-corrected chi connectivity index (χ3v) is 5.31. The van der Waals surface area contributed by atoms with Gasteiger partial charge in [0.1, 0.15) is 5.75 Å². The number of phenolic OH excluding ortho intramolecular Hbond substituents is 1. The van der Waals surface area contributed by atoms with Gasteiger partial charge in [-0.1, -0.05) is 36.4 Å². The molecule has 0 bridgehead atoms. The zero-order chi connectivity index (χ0) is 19.0. The first-order valence-electron chi connectivity index (χ1n) is 8.27. The Kier molecular flexibility index (Phi) is 4.25. The molecule has 0 saturated heterocycles. The van der Waals surface area contributed by atoms with Crippen LogP contribution in [0.3, 0.4) is 0 Å². The van der Waals surface area contributed by atoms with E-state index in [-0.39, 0.29) is 17.1 Å². The van der Waals surface area contributed by atoms with Gasteiger partial charge in [-0.3, -0.25) is 14.5 Å². The lowest BCUT2D eigenvalue weighted by atomic mass is 9.95. The highest BCUT2D eigenvalue weighted by Crippen LogP contribution is 2.42. The Hall–Kier alpha value is -3.38. The summed E-state index contributed by atoms with van der Waals surface area (Å²) in [4.78, 5) is 27.8. The van der Waals surface area contributed by atoms with Gasteiger partial charge in [-0.05, 0) is 41.3 Å². The summed E-state index contributed by atoms with van der Waals surface area (Å²) in [5.41, 5.74) is 1.23. The average Bonchev–Trinajstić information content (AvgIpc) is 3.31. The van der Waals surface area contributed by atoms with Crippen molar-refractivity contribution in [2.45, 2.75) is 6.04 Å². The number of benzene rings is 2. The third-order valence-electron chi connectivity index (χ3n) is 4.44. The van der Waals surface area contributed by atoms with E-state index >= 15 is 0 Å². The number of rotatable bonds is 4. The van der Waals surface area contributed by atoms with Crippen molar-refractivity contribution < 1.29 is 19.8 Å². The van der Waals surface area contributed by atoms with Crippen LogP contribution >= 0.6 is 11.3 Å². The molecule has 134 valence electrons. The number of aliphatic hydroxyl groups is 1. The molecule has 0 radical (unpaired) electrons. The number of thiophene rings is 1. The third kappa shape index (κ3) is 2.90. The first kappa shape index (κ1) is 17.1. The number of hydrogen-bond acceptors (Lipinski definition) is 5. The second-order valence-corrected chi connectivity index (χ2v) is 7.02. The van der Waals surface area contributed by atoms with Crippen LogP contribution in [0.15, 0.2) is 83.4 Å². The van der Waals surface area contributed by atoms with Gasteiger partial charge in [0, 0.05) is 5.69 Å². The van der Waals surface area contributed by atoms with E-state index in [2.05, 4.69) is 0 Å². The van der Waals surface area contributed by atoms with Crippen molar-refractivity contribution in [1.82, 2.24) is 0 Å². The lowest BCUT2D eigenvalue weighted by molar-refractivity contribution is -0.117. The minimum Gasteiger partial charge on any atom is -0.508 e. The van der Waals surface area contributed by atoms with Crippen molar-refractivity contribution >= 4 is 28.7 Å². The maximum absolute atomic E-state index is 13.1. The summed E-state index contributed by atoms with van der Waals surface area (Å²) in [5, 5.41) is 21.9. The van der Waals surface area contributed by atoms with E-state index < -0.39 is 17.7 Å². The monoisotopic (exact) mass is 377 g/mol. The highest BCUT2D eigenvalue weighted by molar-refractivity contribution is 7.12. The molecule has 1 unspecified atom stereocenters. The molecule has 3 aromatic rings. The summed E-state index contributed by atoms with van der Waals surface area (Å²) in [6, 6.07) is 17.8. The van der Waals surface area contributed by atoms with E-state index in [0.29, 0.717) is 16.1 Å². The van der Waals surface area contributed by atoms with E-state index in [1.54, 1.807) is 53.9 Å². The van der Waals surface area contributed by atoms with Gasteiger partial charge in [0.15, 0.2) is 5.76 Å². The van der Waals surface area contributed by atoms with Crippen molar-refractivity contribution in [3.63, 3.8) is 0 Å². The number of amides is 1. The Labute approximate surface area is 159 Å². The number of carbonyl (C=O) groups excluding carboxylic acids is 2. The average molecular weight is 377 g/mol. The number of para-hydroxylation sites is 1. The number of phenols is 1. The number of Topliss-reactive ketones (excluding diaryl/α,β-unsaturated/α-hetero) is 1. The van der Waals surface area contributed by atoms with E-state index in [9.17, 15) is 19.8 Å². The second-order valence-electron chi connectivity index (χ2n) is 6.07. The van der Waals surface area contributed by atoms with Crippen LogP contribution in [0, 0.1) is 0 Å². The molecule has 2 heterocycles. The molecule has 0 spiro atoms. The highest BCUT2D eigenvalue weighted by atomic mass is 32.1. The Bertz CT molecular complexity index is 1020. The van der Waals surface area contributed by atoms with Crippen molar-refractivity contribution in [3.8, 4) is 5.75 Å². The summed E-state index contributed by atoms with van der Waals surface area (Å²) >= 11 is 1.25. The molecule has 0 saturated carbocycles. The number of ketones is 1. The van der Waals surface area contributed by atoms with Crippen LogP contribution in [0.25, 0.3) is 0 Å². The van der Waals surface area contributed by atoms with Crippen LogP contribution < -0.4 is 4.90 Å². The Morgan fingerprint density at radius 3 is 2.26 bits per heavy atom. The molecule has 2 aromatic carbocycles. The van der Waals surface area contributed by atoms with Crippen molar-refractivity contribution in [2.75, 3.05) is 4.90 Å². The van der Waals surface area contributed by atoms with Crippen LogP contribution in [0.2, 0.25) is 0 Å². The molecule has 1 aromatic heterocycles. The van der Waals surface area contributed by atoms with Gasteiger partial charge in [0.05, 0.1) is 16.5 Å². The van der Waals surface area contributed by atoms with E-state index in [4.69, 9.17) is 0 Å². The molecule has 0 aliphatic carbocycles. The molecule has 4 rings (SSSR count). The lowest BCUT2D eigenvalue weighted by Crippen LogP contribution is -2.30. The molecule has 0 fully saturated rings. The molecular formula is C21H15NO4S. The van der Waals surface area contributed by atoms with Gasteiger partial charge >= 0.3 is 0 Å². The van der Waals surface area contributed by atoms with Gasteiger partial charge in [-0.15, -0.1) is 11.3 Å². The van der Waals surface area contributed by atoms with Gasteiger partial charge in [-0.25, -0.2) is 0 Å². The van der Waals surface area contributed by atoms with Gasteiger partial charge in [0.2, 0.25) is 5.78 Å². The van der Waals surface area contributed by atoms with Crippen molar-refractivity contribution in [3.05, 3.63) is 93.9 Å². The molecule has 1 aliphatic rings. The Balaban J connectivity index is 1.88. The first-order valence-corrected chi connectivity index (χ1v) is 9.15. The second kappa shape index (κ2) is 6.74. The minimum absolute atomic E-state index is 0.0389. The summed E-state index contributed by atoms with van der Waals surface area (Å²) in [5.74, 6) is -1.48. The number of aromatic hydroxyl groups is 1. The Morgan fingerprint density at radius 1 is 0.926 bits per heavy atom. The molecule has 1 atom stereocenters. The van der Waals surface area contributed by atoms with Gasteiger partial charge < -0.3 is 10.2 Å². The number of anilines is 1. The first-order chi connectivity index (χ1) is 13.1. The van der Waals surface area contributed by atoms with E-state index in [1.807, 2.05) is 6.07 Å². The lowest BCUT2D eigenvalue weighted by Gasteiger charge is -2.26. The zero-order valence-electron chi connectivity index (χ0n) is 14.1. The van der Waals surface area contributed by atoms with Crippen LogP contribution in [0.4, 0.5) is 5.69 Å². The fourth-order valence-electron chi connectivity index (χ4n) is 3.20. The zero-order valence-corrected chi connectivity index (χ0v) is 14.9. The smallest absolute Gasteiger partial charge is 0.294 e. The van der Waals surface area contributed by atoms with Crippen molar-refractivity contribution in [1.29, 1.82) is 0 Å². The number of aliphatic hydroxyl groups excluding tert-OH is 1. The molecular weight excluding hydrogens is 362 g/mol. The Morgan fingerprint density at radius 2 is 1.63 bits per heavy atom. The largest absolute Gasteiger partial charge is 0.508 e. The fourth-order valence-corrected chi connectivity index (χ4v) is 3.88. The van der Waals surface area contributed by atoms with Crippen LogP contribution in [0.5, 0.6) is 5.75 Å². The maximum atomic E-state index is 13.1. The standard InChI is InChI=1S/C21H15NO4S/c23-15-10-8-13(9-11-15)18-17(19(24)16-7-4-12-27-16)20(25)21(26)22(18)14-5-2-1-3-6-14/h1-12,18,23,25H. The number of carbonyl (C=O) groups is 2. The topological polar surface area (TPSA) is 77.8 Å². The highest BCUT2D eigenvalue weighted by Gasteiger charge is 2.44. The predicted octanol–water partition coefficient (Wildman–Crippen LogP) is 4.24. The number of nitrogens with zero attached hydrogens (tertiary/aromatic N) is 1. The SMILES string of the molecule is O=C(C1=C(O)C(=O)N(c2ccccc2)C1c1ccc(O)cc1)c1cccs1. The quantitative estimate of drug-likeness (QED) is 0.667. The molecule has 27 heavy (non-hydrogen) atoms. The summed E-state index contributed by atoms with van der Waals surface area (Å²) in [6.45, 7) is 0. The fraction of sp³-hybridized carbons (Fsp3) is 0.0476. The van der Waals surface area contributed by atoms with Gasteiger partial charge in [-0.2, -0.15) is 0 Å². The summed E-state index contributed by atoms with van der Waals surface area (Å²) < 4.78 is 0.